The minimum Gasteiger partial charge on any atom is -0.310 e. The first kappa shape index (κ1) is 14.3. The van der Waals surface area contributed by atoms with Crippen LogP contribution in [0.3, 0.4) is 0 Å². The zero-order valence-electron chi connectivity index (χ0n) is 12.5. The molecule has 1 saturated heterocycles. The third-order valence-electron chi connectivity index (χ3n) is 4.71. The van der Waals surface area contributed by atoms with Crippen molar-refractivity contribution in [1.82, 2.24) is 15.1 Å². The molecule has 2 aliphatic rings. The molecule has 0 aromatic carbocycles. The van der Waals surface area contributed by atoms with E-state index in [-0.39, 0.29) is 0 Å². The average Bonchev–Trinajstić information content (AvgIpc) is 2.36. The fraction of sp³-hybridized carbons (Fsp3) is 1.00. The van der Waals surface area contributed by atoms with Gasteiger partial charge in [0.25, 0.3) is 0 Å². The third kappa shape index (κ3) is 4.22. The molecule has 2 rings (SSSR count). The normalized spacial score (nSPS) is 32.8. The van der Waals surface area contributed by atoms with E-state index in [1.165, 1.54) is 51.6 Å². The zero-order chi connectivity index (χ0) is 13.0. The second kappa shape index (κ2) is 6.88. The van der Waals surface area contributed by atoms with Crippen LogP contribution in [-0.2, 0) is 0 Å². The molecule has 3 heteroatoms. The quantitative estimate of drug-likeness (QED) is 0.806. The van der Waals surface area contributed by atoms with Crippen molar-refractivity contribution in [3.63, 3.8) is 0 Å². The highest BCUT2D eigenvalue weighted by Crippen LogP contribution is 2.32. The molecule has 1 heterocycles. The molecule has 0 aromatic heterocycles. The molecule has 1 N–H and O–H groups in total. The van der Waals surface area contributed by atoms with E-state index in [9.17, 15) is 0 Å². The molecule has 18 heavy (non-hydrogen) atoms. The van der Waals surface area contributed by atoms with Crippen LogP contribution >= 0.6 is 0 Å². The highest BCUT2D eigenvalue weighted by Gasteiger charge is 2.31. The predicted molar refractivity (Wildman–Crippen MR) is 78.0 cm³/mol. The maximum atomic E-state index is 3.92. The lowest BCUT2D eigenvalue weighted by molar-refractivity contribution is 0.150. The van der Waals surface area contributed by atoms with E-state index < -0.39 is 0 Å². The number of piperidine rings is 1. The van der Waals surface area contributed by atoms with Crippen LogP contribution in [0, 0.1) is 5.92 Å². The number of hydrogen-bond donors (Lipinski definition) is 1. The smallest absolute Gasteiger partial charge is 0.0197 e. The Balaban J connectivity index is 1.70. The molecule has 3 nitrogen and oxygen atoms in total. The summed E-state index contributed by atoms with van der Waals surface area (Å²) in [5, 5.41) is 3.92. The first-order valence-electron chi connectivity index (χ1n) is 7.74. The van der Waals surface area contributed by atoms with Crippen molar-refractivity contribution < 1.29 is 0 Å². The molecule has 0 aromatic rings. The first-order chi connectivity index (χ1) is 8.65. The van der Waals surface area contributed by atoms with Gasteiger partial charge in [-0.15, -0.1) is 0 Å². The van der Waals surface area contributed by atoms with Gasteiger partial charge in [0.15, 0.2) is 0 Å². The van der Waals surface area contributed by atoms with E-state index in [0.29, 0.717) is 0 Å². The Morgan fingerprint density at radius 2 is 1.72 bits per heavy atom. The molecule has 1 aliphatic heterocycles. The molecule has 1 aliphatic carbocycles. The van der Waals surface area contributed by atoms with E-state index >= 15 is 0 Å². The minimum absolute atomic E-state index is 0.733. The maximum Gasteiger partial charge on any atom is 0.0197 e. The zero-order valence-corrected chi connectivity index (χ0v) is 12.5. The maximum absolute atomic E-state index is 3.92. The molecule has 3 unspecified atom stereocenters. The van der Waals surface area contributed by atoms with Crippen molar-refractivity contribution in [3.8, 4) is 0 Å². The van der Waals surface area contributed by atoms with Crippen LogP contribution in [0.1, 0.15) is 38.5 Å². The first-order valence-corrected chi connectivity index (χ1v) is 7.74. The van der Waals surface area contributed by atoms with Crippen molar-refractivity contribution in [2.45, 2.75) is 50.6 Å². The second-order valence-corrected chi connectivity index (χ2v) is 6.66. The van der Waals surface area contributed by atoms with Crippen molar-refractivity contribution >= 4 is 0 Å². The summed E-state index contributed by atoms with van der Waals surface area (Å²) in [4.78, 5) is 4.75. The predicted octanol–water partition coefficient (Wildman–Crippen LogP) is 1.79. The molecule has 1 saturated carbocycles. The topological polar surface area (TPSA) is 18.5 Å². The SMILES string of the molecule is CN(C)CCN(C)CC1CCC2CCCCC2N1. The summed E-state index contributed by atoms with van der Waals surface area (Å²) >= 11 is 0. The number of nitrogens with one attached hydrogen (secondary N) is 1. The lowest BCUT2D eigenvalue weighted by atomic mass is 9.78. The molecule has 0 spiro atoms. The largest absolute Gasteiger partial charge is 0.310 e. The monoisotopic (exact) mass is 253 g/mol. The Morgan fingerprint density at radius 3 is 2.50 bits per heavy atom. The second-order valence-electron chi connectivity index (χ2n) is 6.66. The highest BCUT2D eigenvalue weighted by atomic mass is 15.2. The molecular formula is C15H31N3. The van der Waals surface area contributed by atoms with Gasteiger partial charge in [-0.1, -0.05) is 12.8 Å². The number of fused-ring (bicyclic) bond motifs is 1. The summed E-state index contributed by atoms with van der Waals surface area (Å²) in [5.74, 6) is 0.988. The number of rotatable bonds is 5. The van der Waals surface area contributed by atoms with Crippen LogP contribution < -0.4 is 5.32 Å². The summed E-state index contributed by atoms with van der Waals surface area (Å²) in [7, 11) is 6.57. The Labute approximate surface area is 113 Å². The van der Waals surface area contributed by atoms with Crippen LogP contribution in [0.5, 0.6) is 0 Å². The van der Waals surface area contributed by atoms with Crippen LogP contribution in [0.4, 0.5) is 0 Å². The fourth-order valence-corrected chi connectivity index (χ4v) is 3.56. The van der Waals surface area contributed by atoms with E-state index in [1.807, 2.05) is 0 Å². The molecule has 0 bridgehead atoms. The number of likely N-dealkylation sites (N-methyl/N-ethyl adjacent to an activating group) is 2. The van der Waals surface area contributed by atoms with Gasteiger partial charge in [-0.3, -0.25) is 0 Å². The van der Waals surface area contributed by atoms with Crippen LogP contribution in [0.2, 0.25) is 0 Å². The van der Waals surface area contributed by atoms with Gasteiger partial charge in [-0.25, -0.2) is 0 Å². The summed E-state index contributed by atoms with van der Waals surface area (Å²) in [6.07, 6.45) is 8.65. The highest BCUT2D eigenvalue weighted by molar-refractivity contribution is 4.90. The van der Waals surface area contributed by atoms with Crippen LogP contribution in [0.15, 0.2) is 0 Å². The van der Waals surface area contributed by atoms with E-state index in [0.717, 1.165) is 24.5 Å². The van der Waals surface area contributed by atoms with Crippen molar-refractivity contribution in [2.75, 3.05) is 40.8 Å². The van der Waals surface area contributed by atoms with Gasteiger partial charge in [0.2, 0.25) is 0 Å². The molecule has 2 fully saturated rings. The molecular weight excluding hydrogens is 222 g/mol. The van der Waals surface area contributed by atoms with E-state index in [4.69, 9.17) is 0 Å². The number of nitrogens with zero attached hydrogens (tertiary/aromatic N) is 2. The summed E-state index contributed by atoms with van der Waals surface area (Å²) in [6.45, 7) is 3.56. The minimum atomic E-state index is 0.733. The van der Waals surface area contributed by atoms with Gasteiger partial charge >= 0.3 is 0 Å². The van der Waals surface area contributed by atoms with Crippen molar-refractivity contribution in [3.05, 3.63) is 0 Å². The van der Waals surface area contributed by atoms with Gasteiger partial charge in [0, 0.05) is 31.7 Å². The Hall–Kier alpha value is -0.120. The van der Waals surface area contributed by atoms with Gasteiger partial charge in [-0.05, 0) is 52.7 Å². The van der Waals surface area contributed by atoms with E-state index in [1.54, 1.807) is 0 Å². The summed E-state index contributed by atoms with van der Waals surface area (Å²) in [5.41, 5.74) is 0. The Morgan fingerprint density at radius 1 is 0.944 bits per heavy atom. The molecule has 0 amide bonds. The standard InChI is InChI=1S/C15H31N3/c1-17(2)10-11-18(3)12-14-9-8-13-6-4-5-7-15(13)16-14/h13-16H,4-12H2,1-3H3. The van der Waals surface area contributed by atoms with Crippen molar-refractivity contribution in [1.29, 1.82) is 0 Å². The van der Waals surface area contributed by atoms with Crippen LogP contribution in [-0.4, -0.2) is 62.7 Å². The van der Waals surface area contributed by atoms with Crippen LogP contribution in [0.25, 0.3) is 0 Å². The van der Waals surface area contributed by atoms with Gasteiger partial charge < -0.3 is 15.1 Å². The van der Waals surface area contributed by atoms with Gasteiger partial charge in [0.1, 0.15) is 0 Å². The Bertz CT molecular complexity index is 242. The average molecular weight is 253 g/mol. The molecule has 0 radical (unpaired) electrons. The summed E-state index contributed by atoms with van der Waals surface area (Å²) < 4.78 is 0. The van der Waals surface area contributed by atoms with Crippen molar-refractivity contribution in [2.24, 2.45) is 5.92 Å². The number of hydrogen-bond acceptors (Lipinski definition) is 3. The lowest BCUT2D eigenvalue weighted by Crippen LogP contribution is -2.52. The lowest BCUT2D eigenvalue weighted by Gasteiger charge is -2.41. The Kier molecular flexibility index (Phi) is 5.46. The third-order valence-corrected chi connectivity index (χ3v) is 4.71. The summed E-state index contributed by atoms with van der Waals surface area (Å²) in [6, 6.07) is 1.57. The molecule has 106 valence electrons. The van der Waals surface area contributed by atoms with Gasteiger partial charge in [-0.2, -0.15) is 0 Å². The van der Waals surface area contributed by atoms with E-state index in [2.05, 4.69) is 36.3 Å². The fourth-order valence-electron chi connectivity index (χ4n) is 3.56. The van der Waals surface area contributed by atoms with Gasteiger partial charge in [0.05, 0.1) is 0 Å². The molecule has 3 atom stereocenters.